The van der Waals surface area contributed by atoms with Gasteiger partial charge in [-0.15, -0.1) is 0 Å². The lowest BCUT2D eigenvalue weighted by Gasteiger charge is -2.40. The van der Waals surface area contributed by atoms with Crippen molar-refractivity contribution in [1.82, 2.24) is 19.9 Å². The van der Waals surface area contributed by atoms with Gasteiger partial charge in [-0.3, -0.25) is 0 Å². The van der Waals surface area contributed by atoms with Gasteiger partial charge < -0.3 is 19.4 Å². The minimum Gasteiger partial charge on any atom is -0.444 e. The molecule has 0 radical (unpaired) electrons. The van der Waals surface area contributed by atoms with E-state index in [1.54, 1.807) is 23.5 Å². The summed E-state index contributed by atoms with van der Waals surface area (Å²) in [6.07, 6.45) is 9.52. The number of fused-ring (bicyclic) bond motifs is 4. The fourth-order valence-electron chi connectivity index (χ4n) is 6.71. The first-order valence-corrected chi connectivity index (χ1v) is 12.9. The highest BCUT2D eigenvalue weighted by Gasteiger charge is 2.55. The van der Waals surface area contributed by atoms with Crippen LogP contribution in [0.2, 0.25) is 0 Å². The average molecular weight is 490 g/mol. The second-order valence-electron chi connectivity index (χ2n) is 11.7. The zero-order chi connectivity index (χ0) is 25.2. The minimum atomic E-state index is -0.521. The Morgan fingerprint density at radius 3 is 2.72 bits per heavy atom. The van der Waals surface area contributed by atoms with Crippen LogP contribution in [-0.4, -0.2) is 63.3 Å². The van der Waals surface area contributed by atoms with Crippen LogP contribution < -0.4 is 9.80 Å². The number of pyridine rings is 1. The van der Waals surface area contributed by atoms with E-state index in [0.29, 0.717) is 11.6 Å². The van der Waals surface area contributed by atoms with Crippen LogP contribution >= 0.6 is 0 Å². The number of aromatic nitrogens is 3. The Hall–Kier alpha value is -3.41. The molecular weight excluding hydrogens is 454 g/mol. The molecule has 2 saturated heterocycles. The van der Waals surface area contributed by atoms with Crippen molar-refractivity contribution < 1.29 is 11.0 Å². The van der Waals surface area contributed by atoms with E-state index in [1.807, 2.05) is 33.9 Å². The molecule has 9 nitrogen and oxygen atoms in total. The molecule has 36 heavy (non-hydrogen) atoms. The van der Waals surface area contributed by atoms with E-state index >= 15 is 0 Å². The lowest BCUT2D eigenvalue weighted by molar-refractivity contribution is 0.0202. The second kappa shape index (κ2) is 8.05. The molecule has 9 heteroatoms. The zero-order valence-corrected chi connectivity index (χ0v) is 21.4. The average Bonchev–Trinajstić information content (AvgIpc) is 3.51. The van der Waals surface area contributed by atoms with E-state index in [9.17, 15) is 10.1 Å². The highest BCUT2D eigenvalue weighted by molar-refractivity contribution is 5.76. The number of nitrogens with zero attached hydrogens (tertiary/aromatic N) is 7. The van der Waals surface area contributed by atoms with Crippen LogP contribution in [0.25, 0.3) is 0 Å². The first kappa shape index (κ1) is 23.0. The maximum absolute atomic E-state index is 12.9. The monoisotopic (exact) mass is 489 g/mol. The van der Waals surface area contributed by atoms with Crippen LogP contribution in [0.4, 0.5) is 22.2 Å². The van der Waals surface area contributed by atoms with Crippen LogP contribution in [0, 0.1) is 11.3 Å². The molecule has 1 saturated carbocycles. The highest BCUT2D eigenvalue weighted by atomic mass is 16.6. The quantitative estimate of drug-likeness (QED) is 0.620. The summed E-state index contributed by atoms with van der Waals surface area (Å²) in [6, 6.07) is 6.44. The first-order valence-electron chi connectivity index (χ1n) is 12.9. The van der Waals surface area contributed by atoms with Gasteiger partial charge in [-0.05, 0) is 65.0 Å². The van der Waals surface area contributed by atoms with Crippen LogP contribution in [-0.2, 0) is 10.2 Å². The van der Waals surface area contributed by atoms with E-state index in [-0.39, 0.29) is 25.0 Å². The molecule has 3 aliphatic heterocycles. The molecule has 1 aliphatic carbocycles. The van der Waals surface area contributed by atoms with Crippen LogP contribution in [0.1, 0.15) is 71.8 Å². The molecule has 190 valence electrons. The van der Waals surface area contributed by atoms with Crippen molar-refractivity contribution in [3.05, 3.63) is 35.8 Å². The summed E-state index contributed by atoms with van der Waals surface area (Å²) in [7, 11) is 1.87. The summed E-state index contributed by atoms with van der Waals surface area (Å²) >= 11 is 0. The molecule has 3 fully saturated rings. The van der Waals surface area contributed by atoms with Gasteiger partial charge in [0.05, 0.1) is 23.7 Å². The number of hydrogen-bond acceptors (Lipinski definition) is 8. The van der Waals surface area contributed by atoms with Gasteiger partial charge >= 0.3 is 6.09 Å². The maximum atomic E-state index is 12.9. The van der Waals surface area contributed by atoms with Crippen molar-refractivity contribution in [2.24, 2.45) is 0 Å². The molecular formula is C27H35N7O2. The Kier molecular flexibility index (Phi) is 5.15. The summed E-state index contributed by atoms with van der Waals surface area (Å²) in [6.45, 7) is 6.52. The number of carbonyl (C=O) groups excluding carboxylic acids is 1. The van der Waals surface area contributed by atoms with Gasteiger partial charge in [0.1, 0.15) is 29.4 Å². The molecule has 2 aromatic rings. The van der Waals surface area contributed by atoms with Gasteiger partial charge in [0, 0.05) is 38.2 Å². The Morgan fingerprint density at radius 2 is 2.03 bits per heavy atom. The Morgan fingerprint density at radius 1 is 1.25 bits per heavy atom. The van der Waals surface area contributed by atoms with E-state index in [0.717, 1.165) is 56.1 Å². The third-order valence-corrected chi connectivity index (χ3v) is 8.44. The Bertz CT molecular complexity index is 1250. The second-order valence-corrected chi connectivity index (χ2v) is 11.7. The van der Waals surface area contributed by atoms with Crippen molar-refractivity contribution in [2.45, 2.75) is 88.4 Å². The standard InChI is InChI=1S/C27H33N7O2.H2/c1-26(2,3)36-25(35)32(4)20-13-18-6-7-19(20)34(18)24-22-23(30-16-31-24)33(15-27(22)9-5-10-27)21-12-17(14-28)8-11-29-21;/h8,11-12,16,18-20H,5-7,9-10,13,15H2,1-4H3;1H/t18?,19-,20-;/m0./s1. The van der Waals surface area contributed by atoms with Crippen molar-refractivity contribution in [3.63, 3.8) is 0 Å². The van der Waals surface area contributed by atoms with Gasteiger partial charge in [-0.25, -0.2) is 19.7 Å². The summed E-state index contributed by atoms with van der Waals surface area (Å²) in [5.41, 5.74) is 1.30. The SMILES string of the molecule is CN(C(=O)OC(C)(C)C)[C@H]1CC2CC[C@@H]1N2c1ncnc2c1C1(CCC1)CN2c1cc(C#N)ccn1.[HH]. The number of amides is 1. The number of rotatable bonds is 3. The minimum absolute atomic E-state index is 0. The van der Waals surface area contributed by atoms with Crippen molar-refractivity contribution in [2.75, 3.05) is 23.4 Å². The molecule has 2 aromatic heterocycles. The number of hydrogen-bond donors (Lipinski definition) is 0. The predicted octanol–water partition coefficient (Wildman–Crippen LogP) is 4.54. The van der Waals surface area contributed by atoms with Crippen molar-refractivity contribution in [3.8, 4) is 6.07 Å². The van der Waals surface area contributed by atoms with E-state index in [1.165, 1.54) is 12.0 Å². The number of carbonyl (C=O) groups is 1. The molecule has 4 aliphatic rings. The van der Waals surface area contributed by atoms with Gasteiger partial charge in [0.15, 0.2) is 0 Å². The smallest absolute Gasteiger partial charge is 0.410 e. The van der Waals surface area contributed by atoms with E-state index in [4.69, 9.17) is 14.7 Å². The van der Waals surface area contributed by atoms with Crippen LogP contribution in [0.3, 0.4) is 0 Å². The number of likely N-dealkylation sites (N-methyl/N-ethyl adjacent to an activating group) is 1. The number of ether oxygens (including phenoxy) is 1. The molecule has 0 N–H and O–H groups in total. The largest absolute Gasteiger partial charge is 0.444 e. The van der Waals surface area contributed by atoms with Gasteiger partial charge in [0.2, 0.25) is 0 Å². The third-order valence-electron chi connectivity index (χ3n) is 8.44. The fraction of sp³-hybridized carbons (Fsp3) is 0.593. The normalized spacial score (nSPS) is 25.5. The predicted molar refractivity (Wildman–Crippen MR) is 137 cm³/mol. The summed E-state index contributed by atoms with van der Waals surface area (Å²) in [4.78, 5) is 33.6. The van der Waals surface area contributed by atoms with Crippen molar-refractivity contribution in [1.29, 1.82) is 5.26 Å². The fourth-order valence-corrected chi connectivity index (χ4v) is 6.71. The van der Waals surface area contributed by atoms with Crippen LogP contribution in [0.5, 0.6) is 0 Å². The Labute approximate surface area is 213 Å². The van der Waals surface area contributed by atoms with Gasteiger partial charge in [-0.1, -0.05) is 6.42 Å². The lowest BCUT2D eigenvalue weighted by atomic mass is 9.66. The highest BCUT2D eigenvalue weighted by Crippen LogP contribution is 2.57. The molecule has 1 amide bonds. The van der Waals surface area contributed by atoms with Crippen LogP contribution in [0.15, 0.2) is 24.7 Å². The summed E-state index contributed by atoms with van der Waals surface area (Å²) in [5, 5.41) is 9.42. The zero-order valence-electron chi connectivity index (χ0n) is 21.4. The molecule has 6 rings (SSSR count). The number of anilines is 3. The molecule has 5 heterocycles. The van der Waals surface area contributed by atoms with E-state index in [2.05, 4.69) is 20.9 Å². The van der Waals surface area contributed by atoms with Crippen molar-refractivity contribution >= 4 is 23.5 Å². The maximum Gasteiger partial charge on any atom is 0.410 e. The molecule has 1 unspecified atom stereocenters. The molecule has 3 atom stereocenters. The Balaban J connectivity index is 0.00000280. The first-order chi connectivity index (χ1) is 17.2. The number of nitriles is 1. The third kappa shape index (κ3) is 3.49. The molecule has 1 spiro atoms. The molecule has 2 bridgehead atoms. The topological polar surface area (TPSA) is 98.5 Å². The van der Waals surface area contributed by atoms with E-state index < -0.39 is 5.60 Å². The lowest BCUT2D eigenvalue weighted by Crippen LogP contribution is -2.47. The molecule has 0 aromatic carbocycles. The van der Waals surface area contributed by atoms with Gasteiger partial charge in [-0.2, -0.15) is 5.26 Å². The summed E-state index contributed by atoms with van der Waals surface area (Å²) in [5.74, 6) is 2.69. The van der Waals surface area contributed by atoms with Gasteiger partial charge in [0.25, 0.3) is 0 Å². The summed E-state index contributed by atoms with van der Waals surface area (Å²) < 4.78 is 5.68.